The van der Waals surface area contributed by atoms with Gasteiger partial charge >= 0.3 is 6.11 Å². The molecule has 0 aromatic heterocycles. The quantitative estimate of drug-likeness (QED) is 0.331. The Morgan fingerprint density at radius 2 is 1.62 bits per heavy atom. The topological polar surface area (TPSA) is 33.0 Å². The van der Waals surface area contributed by atoms with Crippen molar-refractivity contribution < 1.29 is 31.1 Å². The first-order valence-corrected chi connectivity index (χ1v) is 10.1. The monoisotopic (exact) mass is 453 g/mol. The lowest BCUT2D eigenvalue weighted by atomic mass is 9.74. The molecule has 1 aliphatic carbocycles. The van der Waals surface area contributed by atoms with Crippen molar-refractivity contribution in [3.63, 3.8) is 0 Å². The van der Waals surface area contributed by atoms with Crippen LogP contribution in [0.2, 0.25) is 0 Å². The molecule has 0 heterocycles. The van der Waals surface area contributed by atoms with Crippen molar-refractivity contribution in [1.29, 1.82) is 5.26 Å². The van der Waals surface area contributed by atoms with Gasteiger partial charge in [-0.25, -0.2) is 17.6 Å². The van der Waals surface area contributed by atoms with Crippen molar-refractivity contribution in [3.05, 3.63) is 77.4 Å². The van der Waals surface area contributed by atoms with Gasteiger partial charge in [-0.3, -0.25) is 0 Å². The van der Waals surface area contributed by atoms with E-state index in [0.717, 1.165) is 12.1 Å². The molecule has 1 saturated carbocycles. The van der Waals surface area contributed by atoms with Crippen molar-refractivity contribution in [2.45, 2.75) is 50.1 Å². The molecule has 170 valence electrons. The zero-order chi connectivity index (χ0) is 23.5. The zero-order valence-electron chi connectivity index (χ0n) is 17.0. The highest BCUT2D eigenvalue weighted by molar-refractivity contribution is 5.38. The van der Waals surface area contributed by atoms with Gasteiger partial charge in [0, 0.05) is 18.1 Å². The van der Waals surface area contributed by atoms with Gasteiger partial charge < -0.3 is 4.74 Å². The molecule has 0 amide bonds. The molecule has 1 fully saturated rings. The number of nitriles is 1. The molecule has 32 heavy (non-hydrogen) atoms. The van der Waals surface area contributed by atoms with Crippen molar-refractivity contribution in [2.24, 2.45) is 5.92 Å². The van der Waals surface area contributed by atoms with Crippen LogP contribution >= 0.6 is 0 Å². The fourth-order valence-corrected chi connectivity index (χ4v) is 4.08. The SMILES string of the molecule is C=CCCC1CC(F)C(c2ccc(C(F)(F)Oc3cc(F)c(C#N)c(F)c3)cc2)C(F)C1. The van der Waals surface area contributed by atoms with E-state index in [-0.39, 0.29) is 24.3 Å². The summed E-state index contributed by atoms with van der Waals surface area (Å²) in [5.41, 5.74) is -1.31. The third-order valence-electron chi connectivity index (χ3n) is 5.68. The number of ether oxygens (including phenoxy) is 1. The first-order chi connectivity index (χ1) is 15.2. The lowest BCUT2D eigenvalue weighted by Crippen LogP contribution is -2.34. The number of alkyl halides is 4. The summed E-state index contributed by atoms with van der Waals surface area (Å²) in [6.45, 7) is 3.61. The summed E-state index contributed by atoms with van der Waals surface area (Å²) in [4.78, 5) is 0. The molecule has 0 radical (unpaired) electrons. The summed E-state index contributed by atoms with van der Waals surface area (Å²) in [6, 6.07) is 6.60. The number of nitrogens with zero attached hydrogens (tertiary/aromatic N) is 1. The number of benzene rings is 2. The van der Waals surface area contributed by atoms with Gasteiger partial charge in [0.1, 0.15) is 41.4 Å². The van der Waals surface area contributed by atoms with E-state index in [1.54, 1.807) is 6.08 Å². The maximum atomic E-state index is 14.7. The van der Waals surface area contributed by atoms with E-state index in [0.29, 0.717) is 25.0 Å². The highest BCUT2D eigenvalue weighted by atomic mass is 19.3. The lowest BCUT2D eigenvalue weighted by Gasteiger charge is -2.35. The van der Waals surface area contributed by atoms with Crippen molar-refractivity contribution >= 4 is 0 Å². The van der Waals surface area contributed by atoms with Crippen LogP contribution in [-0.2, 0) is 6.11 Å². The molecule has 1 aliphatic rings. The average Bonchev–Trinajstić information content (AvgIpc) is 2.71. The van der Waals surface area contributed by atoms with E-state index in [2.05, 4.69) is 11.3 Å². The second kappa shape index (κ2) is 9.68. The molecule has 2 aromatic rings. The van der Waals surface area contributed by atoms with Gasteiger partial charge in [0.15, 0.2) is 0 Å². The minimum absolute atomic E-state index is 0.0977. The normalized spacial score (nSPS) is 23.4. The Balaban J connectivity index is 1.75. The minimum atomic E-state index is -3.97. The average molecular weight is 453 g/mol. The van der Waals surface area contributed by atoms with Gasteiger partial charge in [-0.2, -0.15) is 14.0 Å². The van der Waals surface area contributed by atoms with Crippen molar-refractivity contribution in [3.8, 4) is 11.8 Å². The summed E-state index contributed by atoms with van der Waals surface area (Å²) < 4.78 is 90.1. The van der Waals surface area contributed by atoms with E-state index in [9.17, 15) is 26.3 Å². The Bertz CT molecular complexity index is 966. The largest absolute Gasteiger partial charge is 0.429 e. The van der Waals surface area contributed by atoms with E-state index < -0.39 is 52.9 Å². The maximum Gasteiger partial charge on any atom is 0.426 e. The van der Waals surface area contributed by atoms with Crippen LogP contribution < -0.4 is 4.74 Å². The fourth-order valence-electron chi connectivity index (χ4n) is 4.08. The standard InChI is InChI=1S/C24H21F6NO/c1-2-3-4-14-9-21(27)23(22(28)10-14)15-5-7-16(8-6-15)24(29,30)32-17-11-19(25)18(13-31)20(26)12-17/h2,5-8,11-12,14,21-23H,1,3-4,9-10H2. The second-order valence-electron chi connectivity index (χ2n) is 7.88. The summed E-state index contributed by atoms with van der Waals surface area (Å²) in [5, 5.41) is 8.65. The molecule has 0 aliphatic heterocycles. The third-order valence-corrected chi connectivity index (χ3v) is 5.68. The smallest absolute Gasteiger partial charge is 0.426 e. The van der Waals surface area contributed by atoms with Gasteiger partial charge in [0.05, 0.1) is 5.56 Å². The Hall–Kier alpha value is -2.95. The van der Waals surface area contributed by atoms with Crippen LogP contribution in [-0.4, -0.2) is 12.3 Å². The number of hydrogen-bond donors (Lipinski definition) is 0. The Kier molecular flexibility index (Phi) is 7.17. The van der Waals surface area contributed by atoms with Gasteiger partial charge in [0.25, 0.3) is 0 Å². The molecular weight excluding hydrogens is 432 g/mol. The van der Waals surface area contributed by atoms with Gasteiger partial charge in [-0.1, -0.05) is 18.2 Å². The van der Waals surface area contributed by atoms with E-state index in [1.807, 2.05) is 0 Å². The van der Waals surface area contributed by atoms with Crippen LogP contribution in [0.5, 0.6) is 5.75 Å². The molecule has 0 spiro atoms. The second-order valence-corrected chi connectivity index (χ2v) is 7.88. The Morgan fingerprint density at radius 3 is 2.12 bits per heavy atom. The number of hydrogen-bond acceptors (Lipinski definition) is 2. The van der Waals surface area contributed by atoms with Gasteiger partial charge in [-0.05, 0) is 49.3 Å². The summed E-state index contributed by atoms with van der Waals surface area (Å²) in [5.74, 6) is -4.63. The van der Waals surface area contributed by atoms with Crippen LogP contribution in [0.15, 0.2) is 49.1 Å². The van der Waals surface area contributed by atoms with E-state index in [1.165, 1.54) is 18.2 Å². The van der Waals surface area contributed by atoms with Crippen molar-refractivity contribution in [2.75, 3.05) is 0 Å². The molecule has 0 N–H and O–H groups in total. The zero-order valence-corrected chi connectivity index (χ0v) is 17.0. The predicted molar refractivity (Wildman–Crippen MR) is 107 cm³/mol. The first-order valence-electron chi connectivity index (χ1n) is 10.1. The molecule has 2 nitrogen and oxygen atoms in total. The molecule has 2 aromatic carbocycles. The Labute approximate surface area is 182 Å². The maximum absolute atomic E-state index is 14.7. The summed E-state index contributed by atoms with van der Waals surface area (Å²) >= 11 is 0. The van der Waals surface area contributed by atoms with Crippen molar-refractivity contribution in [1.82, 2.24) is 0 Å². The van der Waals surface area contributed by atoms with E-state index >= 15 is 0 Å². The summed E-state index contributed by atoms with van der Waals surface area (Å²) in [6.07, 6.45) is -3.46. The molecule has 0 bridgehead atoms. The molecule has 3 rings (SSSR count). The molecule has 8 heteroatoms. The highest BCUT2D eigenvalue weighted by Gasteiger charge is 2.40. The molecule has 2 atom stereocenters. The number of allylic oxidation sites excluding steroid dienone is 1. The summed E-state index contributed by atoms with van der Waals surface area (Å²) in [7, 11) is 0. The fraction of sp³-hybridized carbons (Fsp3) is 0.375. The van der Waals surface area contributed by atoms with Gasteiger partial charge in [-0.15, -0.1) is 6.58 Å². The van der Waals surface area contributed by atoms with Crippen LogP contribution in [0.3, 0.4) is 0 Å². The minimum Gasteiger partial charge on any atom is -0.429 e. The number of rotatable bonds is 7. The lowest BCUT2D eigenvalue weighted by molar-refractivity contribution is -0.185. The van der Waals surface area contributed by atoms with Gasteiger partial charge in [0.2, 0.25) is 0 Å². The number of halogens is 6. The predicted octanol–water partition coefficient (Wildman–Crippen LogP) is 7.10. The van der Waals surface area contributed by atoms with Crippen LogP contribution in [0.4, 0.5) is 26.3 Å². The van der Waals surface area contributed by atoms with Crippen LogP contribution in [0, 0.1) is 28.9 Å². The highest BCUT2D eigenvalue weighted by Crippen LogP contribution is 2.42. The third kappa shape index (κ3) is 5.09. The molecule has 2 unspecified atom stereocenters. The molecule has 0 saturated heterocycles. The first kappa shape index (κ1) is 23.7. The molecular formula is C24H21F6NO. The van der Waals surface area contributed by atoms with Crippen LogP contribution in [0.25, 0.3) is 0 Å². The van der Waals surface area contributed by atoms with Crippen LogP contribution in [0.1, 0.15) is 48.3 Å². The van der Waals surface area contributed by atoms with E-state index in [4.69, 9.17) is 5.26 Å². The Morgan fingerprint density at radius 1 is 1.06 bits per heavy atom.